The first kappa shape index (κ1) is 17.0. The first-order chi connectivity index (χ1) is 11.1. The SMILES string of the molecule is NC(=O)N(CCCCCOCCO)C12CC3CC(CC(C3)C1)C2. The second-order valence-electron chi connectivity index (χ2n) is 8.03. The summed E-state index contributed by atoms with van der Waals surface area (Å²) in [5.41, 5.74) is 5.85. The van der Waals surface area contributed by atoms with Gasteiger partial charge in [-0.25, -0.2) is 4.79 Å². The molecule has 4 rings (SSSR count). The Bertz CT molecular complexity index is 378. The van der Waals surface area contributed by atoms with Gasteiger partial charge in [0, 0.05) is 18.7 Å². The molecule has 0 atom stereocenters. The molecule has 0 spiro atoms. The summed E-state index contributed by atoms with van der Waals surface area (Å²) in [7, 11) is 0. The third-order valence-corrected chi connectivity index (χ3v) is 6.25. The van der Waals surface area contributed by atoms with E-state index in [0.717, 1.165) is 43.6 Å². The largest absolute Gasteiger partial charge is 0.394 e. The molecule has 5 nitrogen and oxygen atoms in total. The molecule has 4 aliphatic carbocycles. The molecular formula is C18H32N2O3. The molecule has 5 heteroatoms. The normalized spacial score (nSPS) is 34.7. The fourth-order valence-electron chi connectivity index (χ4n) is 5.79. The lowest BCUT2D eigenvalue weighted by molar-refractivity contribution is -0.0694. The number of rotatable bonds is 9. The van der Waals surface area contributed by atoms with Crippen LogP contribution in [0.4, 0.5) is 4.79 Å². The zero-order valence-electron chi connectivity index (χ0n) is 14.2. The van der Waals surface area contributed by atoms with Gasteiger partial charge in [-0.15, -0.1) is 0 Å². The highest BCUT2D eigenvalue weighted by Gasteiger charge is 2.54. The van der Waals surface area contributed by atoms with Crippen molar-refractivity contribution in [2.24, 2.45) is 23.5 Å². The van der Waals surface area contributed by atoms with Gasteiger partial charge in [-0.3, -0.25) is 0 Å². The van der Waals surface area contributed by atoms with Crippen LogP contribution in [-0.4, -0.2) is 47.9 Å². The second kappa shape index (κ2) is 7.39. The van der Waals surface area contributed by atoms with Gasteiger partial charge >= 0.3 is 6.03 Å². The van der Waals surface area contributed by atoms with E-state index >= 15 is 0 Å². The van der Waals surface area contributed by atoms with E-state index in [1.807, 2.05) is 4.90 Å². The number of amides is 2. The number of urea groups is 1. The Hall–Kier alpha value is -0.810. The highest BCUT2D eigenvalue weighted by atomic mass is 16.5. The van der Waals surface area contributed by atoms with Gasteiger partial charge < -0.3 is 20.5 Å². The molecule has 4 fully saturated rings. The summed E-state index contributed by atoms with van der Waals surface area (Å²) in [4.78, 5) is 14.1. The highest BCUT2D eigenvalue weighted by Crippen LogP contribution is 2.57. The minimum absolute atomic E-state index is 0.0774. The molecule has 0 aromatic rings. The number of primary amides is 1. The van der Waals surface area contributed by atoms with E-state index in [4.69, 9.17) is 15.6 Å². The van der Waals surface area contributed by atoms with Crippen LogP contribution in [0.3, 0.4) is 0 Å². The van der Waals surface area contributed by atoms with Gasteiger partial charge in [0.2, 0.25) is 0 Å². The van der Waals surface area contributed by atoms with Crippen molar-refractivity contribution >= 4 is 6.03 Å². The number of nitrogens with two attached hydrogens (primary N) is 1. The summed E-state index contributed by atoms with van der Waals surface area (Å²) in [6.45, 7) is 1.98. The summed E-state index contributed by atoms with van der Waals surface area (Å²) >= 11 is 0. The molecule has 0 heterocycles. The third-order valence-electron chi connectivity index (χ3n) is 6.25. The lowest BCUT2D eigenvalue weighted by Crippen LogP contribution is -2.62. The van der Waals surface area contributed by atoms with Gasteiger partial charge in [0.25, 0.3) is 0 Å². The van der Waals surface area contributed by atoms with Crippen molar-refractivity contribution in [2.75, 3.05) is 26.4 Å². The van der Waals surface area contributed by atoms with E-state index < -0.39 is 0 Å². The second-order valence-corrected chi connectivity index (χ2v) is 8.03. The molecule has 23 heavy (non-hydrogen) atoms. The fourth-order valence-corrected chi connectivity index (χ4v) is 5.79. The average Bonchev–Trinajstić information content (AvgIpc) is 2.48. The van der Waals surface area contributed by atoms with Crippen LogP contribution in [-0.2, 0) is 4.74 Å². The molecule has 0 aliphatic heterocycles. The Morgan fingerprint density at radius 1 is 1.04 bits per heavy atom. The van der Waals surface area contributed by atoms with Gasteiger partial charge in [0.1, 0.15) is 0 Å². The predicted octanol–water partition coefficient (Wildman–Crippen LogP) is 2.52. The van der Waals surface area contributed by atoms with Crippen molar-refractivity contribution in [3.8, 4) is 0 Å². The number of unbranched alkanes of at least 4 members (excludes halogenated alkanes) is 2. The summed E-state index contributed by atoms with van der Waals surface area (Å²) < 4.78 is 5.28. The van der Waals surface area contributed by atoms with Crippen molar-refractivity contribution in [1.82, 2.24) is 4.90 Å². The Kier molecular flexibility index (Phi) is 5.47. The van der Waals surface area contributed by atoms with Gasteiger partial charge in [-0.2, -0.15) is 0 Å². The van der Waals surface area contributed by atoms with Crippen molar-refractivity contribution in [2.45, 2.75) is 63.3 Å². The van der Waals surface area contributed by atoms with Crippen molar-refractivity contribution in [3.63, 3.8) is 0 Å². The number of nitrogens with zero attached hydrogens (tertiary/aromatic N) is 1. The maximum Gasteiger partial charge on any atom is 0.315 e. The Morgan fingerprint density at radius 2 is 1.65 bits per heavy atom. The van der Waals surface area contributed by atoms with Gasteiger partial charge in [-0.05, 0) is 75.5 Å². The molecular weight excluding hydrogens is 292 g/mol. The molecule has 4 saturated carbocycles. The Labute approximate surface area is 139 Å². The van der Waals surface area contributed by atoms with Crippen LogP contribution in [0.5, 0.6) is 0 Å². The summed E-state index contributed by atoms with van der Waals surface area (Å²) in [6, 6.07) is -0.219. The van der Waals surface area contributed by atoms with E-state index in [2.05, 4.69) is 0 Å². The maximum atomic E-state index is 12.1. The van der Waals surface area contributed by atoms with Gasteiger partial charge in [0.05, 0.1) is 13.2 Å². The number of hydrogen-bond acceptors (Lipinski definition) is 3. The van der Waals surface area contributed by atoms with Crippen LogP contribution >= 0.6 is 0 Å². The molecule has 4 aliphatic rings. The fraction of sp³-hybridized carbons (Fsp3) is 0.944. The lowest BCUT2D eigenvalue weighted by Gasteiger charge is -2.60. The summed E-state index contributed by atoms with van der Waals surface area (Å²) in [5, 5.41) is 8.67. The third kappa shape index (κ3) is 3.82. The Morgan fingerprint density at radius 3 is 2.17 bits per heavy atom. The van der Waals surface area contributed by atoms with Gasteiger partial charge in [0.15, 0.2) is 0 Å². The number of carbonyl (C=O) groups excluding carboxylic acids is 1. The number of carbonyl (C=O) groups is 1. The monoisotopic (exact) mass is 324 g/mol. The molecule has 3 N–H and O–H groups in total. The lowest BCUT2D eigenvalue weighted by atomic mass is 9.52. The first-order valence-electron chi connectivity index (χ1n) is 9.38. The van der Waals surface area contributed by atoms with Crippen LogP contribution < -0.4 is 5.73 Å². The average molecular weight is 324 g/mol. The maximum absolute atomic E-state index is 12.1. The van der Waals surface area contributed by atoms with E-state index in [0.29, 0.717) is 13.2 Å². The van der Waals surface area contributed by atoms with Crippen LogP contribution in [0.2, 0.25) is 0 Å². The quantitative estimate of drug-likeness (QED) is 0.640. The highest BCUT2D eigenvalue weighted by molar-refractivity contribution is 5.73. The minimum atomic E-state index is -0.219. The minimum Gasteiger partial charge on any atom is -0.394 e. The molecule has 2 amide bonds. The van der Waals surface area contributed by atoms with E-state index in [1.165, 1.54) is 38.5 Å². The van der Waals surface area contributed by atoms with Crippen molar-refractivity contribution in [1.29, 1.82) is 0 Å². The molecule has 0 aromatic carbocycles. The van der Waals surface area contributed by atoms with E-state index in [1.54, 1.807) is 0 Å². The van der Waals surface area contributed by atoms with Crippen LogP contribution in [0.25, 0.3) is 0 Å². The molecule has 132 valence electrons. The zero-order valence-corrected chi connectivity index (χ0v) is 14.2. The Balaban J connectivity index is 1.50. The van der Waals surface area contributed by atoms with Gasteiger partial charge in [-0.1, -0.05) is 0 Å². The number of aliphatic hydroxyl groups excluding tert-OH is 1. The van der Waals surface area contributed by atoms with E-state index in [9.17, 15) is 4.79 Å². The number of ether oxygens (including phenoxy) is 1. The predicted molar refractivity (Wildman–Crippen MR) is 88.9 cm³/mol. The molecule has 0 aromatic heterocycles. The molecule has 0 unspecified atom stereocenters. The molecule has 0 saturated heterocycles. The van der Waals surface area contributed by atoms with Crippen molar-refractivity contribution < 1.29 is 14.6 Å². The zero-order chi connectivity index (χ0) is 16.3. The first-order valence-corrected chi connectivity index (χ1v) is 9.38. The summed E-state index contributed by atoms with van der Waals surface area (Å²) in [5.74, 6) is 2.49. The van der Waals surface area contributed by atoms with Crippen LogP contribution in [0, 0.1) is 17.8 Å². The van der Waals surface area contributed by atoms with E-state index in [-0.39, 0.29) is 18.2 Å². The van der Waals surface area contributed by atoms with Crippen LogP contribution in [0.1, 0.15) is 57.8 Å². The number of aliphatic hydroxyl groups is 1. The van der Waals surface area contributed by atoms with Crippen LogP contribution in [0.15, 0.2) is 0 Å². The molecule has 0 radical (unpaired) electrons. The summed E-state index contributed by atoms with van der Waals surface area (Å²) in [6.07, 6.45) is 10.7. The smallest absolute Gasteiger partial charge is 0.315 e. The number of hydrogen-bond donors (Lipinski definition) is 2. The van der Waals surface area contributed by atoms with Crippen molar-refractivity contribution in [3.05, 3.63) is 0 Å². The molecule has 4 bridgehead atoms. The topological polar surface area (TPSA) is 75.8 Å². The standard InChI is InChI=1S/C18H32N2O3/c19-17(22)20(4-2-1-3-6-23-7-5-21)18-11-14-8-15(12-18)10-16(9-14)13-18/h14-16,21H,1-13H2,(H2,19,22).